The van der Waals surface area contributed by atoms with Crippen LogP contribution in [0.4, 0.5) is 20.3 Å². The minimum atomic E-state index is -2.62. The van der Waals surface area contributed by atoms with Gasteiger partial charge in [-0.15, -0.1) is 0 Å². The van der Waals surface area contributed by atoms with E-state index in [-0.39, 0.29) is 17.5 Å². The van der Waals surface area contributed by atoms with Crippen molar-refractivity contribution in [1.29, 1.82) is 0 Å². The largest absolute Gasteiger partial charge is 0.338 e. The van der Waals surface area contributed by atoms with E-state index in [1.807, 2.05) is 11.0 Å². The molecule has 3 aliphatic rings. The summed E-state index contributed by atoms with van der Waals surface area (Å²) in [5.41, 5.74) is 11.0. The molecule has 0 spiro atoms. The molecule has 9 nitrogen and oxygen atoms in total. The van der Waals surface area contributed by atoms with Gasteiger partial charge in [0.2, 0.25) is 5.91 Å². The number of carbonyl (C=O) groups is 1. The Hall–Kier alpha value is -3.31. The van der Waals surface area contributed by atoms with Crippen LogP contribution in [0.25, 0.3) is 11.1 Å². The van der Waals surface area contributed by atoms with Crippen LogP contribution in [0, 0.1) is 0 Å². The summed E-state index contributed by atoms with van der Waals surface area (Å²) in [6.07, 6.45) is 6.28. The van der Waals surface area contributed by atoms with Crippen LogP contribution in [0.1, 0.15) is 67.5 Å². The number of carbonyl (C=O) groups excluding carboxylic acids is 1. The van der Waals surface area contributed by atoms with Gasteiger partial charge in [-0.05, 0) is 68.5 Å². The van der Waals surface area contributed by atoms with Crippen molar-refractivity contribution in [3.63, 3.8) is 0 Å². The molecule has 1 fully saturated rings. The Balaban J connectivity index is 1.39. The van der Waals surface area contributed by atoms with Gasteiger partial charge in [0.1, 0.15) is 0 Å². The van der Waals surface area contributed by atoms with E-state index in [2.05, 4.69) is 19.6 Å². The molecule has 6 rings (SSSR count). The third-order valence-corrected chi connectivity index (χ3v) is 8.97. The van der Waals surface area contributed by atoms with Gasteiger partial charge in [-0.25, -0.2) is 8.78 Å². The number of nitrogens with two attached hydrogens (primary N) is 1. The molecule has 11 heteroatoms. The number of halogens is 2. The first-order valence-corrected chi connectivity index (χ1v) is 14.8. The van der Waals surface area contributed by atoms with Crippen molar-refractivity contribution in [3.05, 3.63) is 46.9 Å². The molecule has 0 unspecified atom stereocenters. The van der Waals surface area contributed by atoms with E-state index in [1.54, 1.807) is 37.1 Å². The Morgan fingerprint density at radius 1 is 1.15 bits per heavy atom. The summed E-state index contributed by atoms with van der Waals surface area (Å²) in [7, 11) is 1.79. The van der Waals surface area contributed by atoms with Crippen LogP contribution in [0.5, 0.6) is 0 Å². The van der Waals surface area contributed by atoms with Crippen molar-refractivity contribution >= 4 is 17.4 Å². The molecule has 2 N–H and O–H groups in total. The van der Waals surface area contributed by atoms with Crippen molar-refractivity contribution in [2.45, 2.75) is 64.5 Å². The van der Waals surface area contributed by atoms with Crippen LogP contribution in [-0.4, -0.2) is 74.5 Å². The van der Waals surface area contributed by atoms with Crippen LogP contribution in [-0.2, 0) is 31.2 Å². The maximum absolute atomic E-state index is 14.5. The summed E-state index contributed by atoms with van der Waals surface area (Å²) in [6.45, 7) is 7.22. The number of aryl methyl sites for hydroxylation is 2. The number of benzene rings is 1. The standard InChI is InChI=1S/C30H40F2N8O/c1-20(41)38-14-8-27-26(19-38)30(35-40(27)23-6-12-37(13-7-23)10-4-9-33)39-11-3-5-21-15-24(22-17-34-36(2)18-22)25(29(31)32)16-28(21)39/h15-18,23,29H,3-14,19,33H2,1-2H3. The van der Waals surface area contributed by atoms with Crippen molar-refractivity contribution in [1.82, 2.24) is 29.4 Å². The average Bonchev–Trinajstić information content (AvgIpc) is 3.58. The Morgan fingerprint density at radius 2 is 1.95 bits per heavy atom. The van der Waals surface area contributed by atoms with Gasteiger partial charge in [0.05, 0.1) is 18.8 Å². The fourth-order valence-electron chi connectivity index (χ4n) is 6.78. The average molecular weight is 567 g/mol. The molecular weight excluding hydrogens is 526 g/mol. The summed E-state index contributed by atoms with van der Waals surface area (Å²) in [6, 6.07) is 3.86. The van der Waals surface area contributed by atoms with Gasteiger partial charge in [-0.3, -0.25) is 14.2 Å². The lowest BCUT2D eigenvalue weighted by Crippen LogP contribution is -2.38. The summed E-state index contributed by atoms with van der Waals surface area (Å²) >= 11 is 0. The number of likely N-dealkylation sites (tertiary alicyclic amines) is 1. The van der Waals surface area contributed by atoms with Gasteiger partial charge in [0.25, 0.3) is 6.43 Å². The highest BCUT2D eigenvalue weighted by atomic mass is 19.3. The molecule has 1 aromatic carbocycles. The number of nitrogens with zero attached hydrogens (tertiary/aromatic N) is 7. The number of fused-ring (bicyclic) bond motifs is 2. The van der Waals surface area contributed by atoms with E-state index in [0.29, 0.717) is 37.3 Å². The highest BCUT2D eigenvalue weighted by molar-refractivity contribution is 5.78. The lowest BCUT2D eigenvalue weighted by molar-refractivity contribution is -0.129. The van der Waals surface area contributed by atoms with Gasteiger partial charge >= 0.3 is 0 Å². The molecule has 41 heavy (non-hydrogen) atoms. The van der Waals surface area contributed by atoms with Crippen molar-refractivity contribution in [2.75, 3.05) is 44.2 Å². The summed E-state index contributed by atoms with van der Waals surface area (Å²) < 4.78 is 32.8. The van der Waals surface area contributed by atoms with Gasteiger partial charge in [-0.1, -0.05) is 0 Å². The predicted octanol–water partition coefficient (Wildman–Crippen LogP) is 4.20. The maximum atomic E-state index is 14.5. The predicted molar refractivity (Wildman–Crippen MR) is 154 cm³/mol. The number of aromatic nitrogens is 4. The van der Waals surface area contributed by atoms with Gasteiger partial charge in [0, 0.05) is 80.8 Å². The molecule has 1 saturated heterocycles. The highest BCUT2D eigenvalue weighted by Crippen LogP contribution is 2.43. The SMILES string of the molecule is CC(=O)N1CCc2c(c(N3CCCc4cc(-c5cnn(C)c5)c(C(F)F)cc43)nn2C2CCN(CCCN)CC2)C1. The van der Waals surface area contributed by atoms with Crippen molar-refractivity contribution in [2.24, 2.45) is 12.8 Å². The lowest BCUT2D eigenvalue weighted by atomic mass is 9.92. The minimum Gasteiger partial charge on any atom is -0.338 e. The number of hydrogen-bond donors (Lipinski definition) is 1. The maximum Gasteiger partial charge on any atom is 0.264 e. The molecule has 0 radical (unpaired) electrons. The number of rotatable bonds is 7. The zero-order valence-corrected chi connectivity index (χ0v) is 24.0. The fraction of sp³-hybridized carbons (Fsp3) is 0.567. The van der Waals surface area contributed by atoms with E-state index < -0.39 is 6.43 Å². The number of anilines is 2. The Morgan fingerprint density at radius 3 is 2.63 bits per heavy atom. The van der Waals surface area contributed by atoms with E-state index in [1.165, 1.54) is 5.69 Å². The second-order valence-corrected chi connectivity index (χ2v) is 11.6. The highest BCUT2D eigenvalue weighted by Gasteiger charge is 2.34. The smallest absolute Gasteiger partial charge is 0.264 e. The molecule has 220 valence electrons. The summed E-state index contributed by atoms with van der Waals surface area (Å²) in [5, 5.41) is 9.45. The molecule has 1 amide bonds. The second kappa shape index (κ2) is 11.5. The van der Waals surface area contributed by atoms with E-state index in [0.717, 1.165) is 80.8 Å². The fourth-order valence-corrected chi connectivity index (χ4v) is 6.78. The molecule has 0 atom stereocenters. The Bertz CT molecular complexity index is 1410. The lowest BCUT2D eigenvalue weighted by Gasteiger charge is -2.34. The van der Waals surface area contributed by atoms with Crippen LogP contribution < -0.4 is 10.6 Å². The van der Waals surface area contributed by atoms with Crippen LogP contribution in [0.2, 0.25) is 0 Å². The number of piperidine rings is 1. The summed E-state index contributed by atoms with van der Waals surface area (Å²) in [4.78, 5) is 18.9. The number of amides is 1. The Kier molecular flexibility index (Phi) is 7.82. The minimum absolute atomic E-state index is 0.00663. The zero-order chi connectivity index (χ0) is 28.7. The monoisotopic (exact) mass is 566 g/mol. The first kappa shape index (κ1) is 27.8. The van der Waals surface area contributed by atoms with Gasteiger partial charge in [-0.2, -0.15) is 10.2 Å². The Labute approximate surface area is 239 Å². The van der Waals surface area contributed by atoms with Gasteiger partial charge in [0.15, 0.2) is 5.82 Å². The van der Waals surface area contributed by atoms with Crippen LogP contribution >= 0.6 is 0 Å². The molecule has 0 saturated carbocycles. The molecule has 3 aliphatic heterocycles. The first-order valence-electron chi connectivity index (χ1n) is 14.8. The number of hydrogen-bond acceptors (Lipinski definition) is 6. The molecule has 0 bridgehead atoms. The van der Waals surface area contributed by atoms with Gasteiger partial charge < -0.3 is 20.4 Å². The molecule has 3 aromatic rings. The van der Waals surface area contributed by atoms with Crippen molar-refractivity contribution in [3.8, 4) is 11.1 Å². The molecular formula is C30H40F2N8O. The molecule has 0 aliphatic carbocycles. The van der Waals surface area contributed by atoms with Crippen LogP contribution in [0.15, 0.2) is 24.5 Å². The van der Waals surface area contributed by atoms with Crippen LogP contribution in [0.3, 0.4) is 0 Å². The quantitative estimate of drug-likeness (QED) is 0.461. The topological polar surface area (TPSA) is 88.5 Å². The third kappa shape index (κ3) is 5.37. The summed E-state index contributed by atoms with van der Waals surface area (Å²) in [5.74, 6) is 0.856. The first-order chi connectivity index (χ1) is 19.8. The normalized spacial score (nSPS) is 18.2. The number of alkyl halides is 2. The third-order valence-electron chi connectivity index (χ3n) is 8.97. The van der Waals surface area contributed by atoms with E-state index in [9.17, 15) is 13.6 Å². The second-order valence-electron chi connectivity index (χ2n) is 11.6. The molecule has 2 aromatic heterocycles. The molecule has 5 heterocycles. The zero-order valence-electron chi connectivity index (χ0n) is 24.0. The van der Waals surface area contributed by atoms with Crippen molar-refractivity contribution < 1.29 is 13.6 Å². The van der Waals surface area contributed by atoms with E-state index >= 15 is 0 Å². The van der Waals surface area contributed by atoms with E-state index in [4.69, 9.17) is 10.8 Å².